The Morgan fingerprint density at radius 1 is 1.42 bits per heavy atom. The Morgan fingerprint density at radius 2 is 2.16 bits per heavy atom. The maximum atomic E-state index is 11.8. The first-order chi connectivity index (χ1) is 8.85. The molecule has 0 saturated heterocycles. The Balaban J connectivity index is 1.99. The molecule has 0 fully saturated rings. The van der Waals surface area contributed by atoms with Gasteiger partial charge in [-0.2, -0.15) is 0 Å². The third kappa shape index (κ3) is 3.70. The van der Waals surface area contributed by atoms with Gasteiger partial charge in [-0.1, -0.05) is 12.1 Å². The van der Waals surface area contributed by atoms with Crippen LogP contribution in [0.4, 0.5) is 5.69 Å². The number of ether oxygens (including phenoxy) is 1. The van der Waals surface area contributed by atoms with Crippen LogP contribution in [0.15, 0.2) is 18.2 Å². The number of nitrogens with two attached hydrogens (primary N) is 1. The van der Waals surface area contributed by atoms with E-state index in [0.29, 0.717) is 6.54 Å². The van der Waals surface area contributed by atoms with Crippen LogP contribution in [0.5, 0.6) is 0 Å². The van der Waals surface area contributed by atoms with E-state index in [0.717, 1.165) is 30.8 Å². The molecule has 4 heteroatoms. The van der Waals surface area contributed by atoms with E-state index in [1.54, 1.807) is 0 Å². The molecule has 0 atom stereocenters. The zero-order chi connectivity index (χ0) is 14.0. The molecule has 2 N–H and O–H groups in total. The van der Waals surface area contributed by atoms with Crippen molar-refractivity contribution in [2.45, 2.75) is 39.3 Å². The second-order valence-electron chi connectivity index (χ2n) is 6.03. The first-order valence-electron chi connectivity index (χ1n) is 6.65. The molecule has 1 aromatic carbocycles. The number of fused-ring (bicyclic) bond motifs is 1. The standard InChI is InChI=1S/C15H22N2O2/c1-15(2,3)19-14(18)10-17-8-7-11-5-4-6-13(16)12(11)9-17/h4-6H,7-10,16H2,1-3H3. The van der Waals surface area contributed by atoms with Crippen LogP contribution in [0.1, 0.15) is 31.9 Å². The summed E-state index contributed by atoms with van der Waals surface area (Å²) in [4.78, 5) is 13.9. The fourth-order valence-corrected chi connectivity index (χ4v) is 2.35. The molecule has 1 aliphatic heterocycles. The molecule has 0 bridgehead atoms. The number of anilines is 1. The van der Waals surface area contributed by atoms with E-state index < -0.39 is 5.60 Å². The highest BCUT2D eigenvalue weighted by Crippen LogP contribution is 2.24. The van der Waals surface area contributed by atoms with Crippen LogP contribution in [0.25, 0.3) is 0 Å². The zero-order valence-corrected chi connectivity index (χ0v) is 11.9. The SMILES string of the molecule is CC(C)(C)OC(=O)CN1CCc2cccc(N)c2C1. The Kier molecular flexibility index (Phi) is 3.80. The van der Waals surface area contributed by atoms with E-state index >= 15 is 0 Å². The average molecular weight is 262 g/mol. The fourth-order valence-electron chi connectivity index (χ4n) is 2.35. The second kappa shape index (κ2) is 5.21. The Morgan fingerprint density at radius 3 is 2.84 bits per heavy atom. The van der Waals surface area contributed by atoms with Gasteiger partial charge in [-0.05, 0) is 44.4 Å². The number of nitrogens with zero attached hydrogens (tertiary/aromatic N) is 1. The van der Waals surface area contributed by atoms with Crippen molar-refractivity contribution in [2.75, 3.05) is 18.8 Å². The maximum Gasteiger partial charge on any atom is 0.320 e. The minimum atomic E-state index is -0.427. The van der Waals surface area contributed by atoms with E-state index in [2.05, 4.69) is 11.0 Å². The molecule has 0 aromatic heterocycles. The maximum absolute atomic E-state index is 11.8. The smallest absolute Gasteiger partial charge is 0.320 e. The number of benzene rings is 1. The summed E-state index contributed by atoms with van der Waals surface area (Å²) in [6.07, 6.45) is 0.934. The zero-order valence-electron chi connectivity index (χ0n) is 11.9. The van der Waals surface area contributed by atoms with Crippen LogP contribution < -0.4 is 5.73 Å². The van der Waals surface area contributed by atoms with Gasteiger partial charge in [0, 0.05) is 18.8 Å². The van der Waals surface area contributed by atoms with Crippen LogP contribution in [0.2, 0.25) is 0 Å². The Hall–Kier alpha value is -1.55. The van der Waals surface area contributed by atoms with Gasteiger partial charge in [-0.25, -0.2) is 0 Å². The molecular formula is C15H22N2O2. The highest BCUT2D eigenvalue weighted by Gasteiger charge is 2.23. The molecule has 4 nitrogen and oxygen atoms in total. The minimum Gasteiger partial charge on any atom is -0.459 e. The van der Waals surface area contributed by atoms with Crippen LogP contribution >= 0.6 is 0 Å². The summed E-state index contributed by atoms with van der Waals surface area (Å²) in [6.45, 7) is 7.57. The number of hydrogen-bond acceptors (Lipinski definition) is 4. The predicted molar refractivity (Wildman–Crippen MR) is 75.7 cm³/mol. The van der Waals surface area contributed by atoms with E-state index in [4.69, 9.17) is 10.5 Å². The van der Waals surface area contributed by atoms with Gasteiger partial charge in [-0.15, -0.1) is 0 Å². The van der Waals surface area contributed by atoms with Gasteiger partial charge in [0.25, 0.3) is 0 Å². The summed E-state index contributed by atoms with van der Waals surface area (Å²) >= 11 is 0. The van der Waals surface area contributed by atoms with Crippen LogP contribution in [-0.4, -0.2) is 29.6 Å². The molecule has 1 aromatic rings. The molecule has 1 heterocycles. The molecule has 0 unspecified atom stereocenters. The summed E-state index contributed by atoms with van der Waals surface area (Å²) in [6, 6.07) is 6.00. The van der Waals surface area contributed by atoms with Crippen molar-refractivity contribution in [1.82, 2.24) is 4.90 Å². The second-order valence-corrected chi connectivity index (χ2v) is 6.03. The van der Waals surface area contributed by atoms with Gasteiger partial charge in [0.15, 0.2) is 0 Å². The third-order valence-corrected chi connectivity index (χ3v) is 3.16. The van der Waals surface area contributed by atoms with E-state index in [-0.39, 0.29) is 5.97 Å². The monoisotopic (exact) mass is 262 g/mol. The van der Waals surface area contributed by atoms with E-state index in [1.807, 2.05) is 32.9 Å². The number of carbonyl (C=O) groups excluding carboxylic acids is 1. The highest BCUT2D eigenvalue weighted by molar-refractivity contribution is 5.72. The summed E-state index contributed by atoms with van der Waals surface area (Å²) in [5.41, 5.74) is 8.82. The first-order valence-corrected chi connectivity index (χ1v) is 6.65. The number of nitrogen functional groups attached to an aromatic ring is 1. The number of hydrogen-bond donors (Lipinski definition) is 1. The third-order valence-electron chi connectivity index (χ3n) is 3.16. The first kappa shape index (κ1) is 13.9. The number of carbonyl (C=O) groups is 1. The lowest BCUT2D eigenvalue weighted by atomic mass is 9.98. The normalized spacial score (nSPS) is 15.9. The van der Waals surface area contributed by atoms with Gasteiger partial charge < -0.3 is 10.5 Å². The Bertz CT molecular complexity index is 478. The molecule has 0 amide bonds. The molecule has 0 radical (unpaired) electrons. The minimum absolute atomic E-state index is 0.176. The molecule has 19 heavy (non-hydrogen) atoms. The van der Waals surface area contributed by atoms with Crippen molar-refractivity contribution in [3.05, 3.63) is 29.3 Å². The molecular weight excluding hydrogens is 240 g/mol. The van der Waals surface area contributed by atoms with Crippen molar-refractivity contribution in [3.63, 3.8) is 0 Å². The van der Waals surface area contributed by atoms with Crippen molar-refractivity contribution in [2.24, 2.45) is 0 Å². The lowest BCUT2D eigenvalue weighted by Crippen LogP contribution is -2.38. The lowest BCUT2D eigenvalue weighted by Gasteiger charge is -2.30. The quantitative estimate of drug-likeness (QED) is 0.654. The lowest BCUT2D eigenvalue weighted by molar-refractivity contribution is -0.156. The molecule has 1 aliphatic rings. The van der Waals surface area contributed by atoms with Crippen LogP contribution in [0, 0.1) is 0 Å². The van der Waals surface area contributed by atoms with Gasteiger partial charge in [-0.3, -0.25) is 9.69 Å². The number of esters is 1. The average Bonchev–Trinajstić information content (AvgIpc) is 2.27. The van der Waals surface area contributed by atoms with Crippen molar-refractivity contribution >= 4 is 11.7 Å². The van der Waals surface area contributed by atoms with Gasteiger partial charge in [0.2, 0.25) is 0 Å². The van der Waals surface area contributed by atoms with Gasteiger partial charge in [0.05, 0.1) is 6.54 Å². The topological polar surface area (TPSA) is 55.6 Å². The summed E-state index contributed by atoms with van der Waals surface area (Å²) in [5.74, 6) is -0.176. The summed E-state index contributed by atoms with van der Waals surface area (Å²) in [7, 11) is 0. The predicted octanol–water partition coefficient (Wildman–Crippen LogP) is 1.97. The van der Waals surface area contributed by atoms with Crippen molar-refractivity contribution in [1.29, 1.82) is 0 Å². The largest absolute Gasteiger partial charge is 0.459 e. The van der Waals surface area contributed by atoms with Crippen molar-refractivity contribution < 1.29 is 9.53 Å². The highest BCUT2D eigenvalue weighted by atomic mass is 16.6. The summed E-state index contributed by atoms with van der Waals surface area (Å²) in [5, 5.41) is 0. The molecule has 0 aliphatic carbocycles. The van der Waals surface area contributed by atoms with Crippen LogP contribution in [0.3, 0.4) is 0 Å². The van der Waals surface area contributed by atoms with Crippen LogP contribution in [-0.2, 0) is 22.5 Å². The number of rotatable bonds is 2. The van der Waals surface area contributed by atoms with Crippen molar-refractivity contribution in [3.8, 4) is 0 Å². The molecule has 0 saturated carbocycles. The van der Waals surface area contributed by atoms with Gasteiger partial charge in [0.1, 0.15) is 5.60 Å². The fraction of sp³-hybridized carbons (Fsp3) is 0.533. The molecule has 2 rings (SSSR count). The Labute approximate surface area is 114 Å². The van der Waals surface area contributed by atoms with E-state index in [1.165, 1.54) is 5.56 Å². The van der Waals surface area contributed by atoms with E-state index in [9.17, 15) is 4.79 Å². The summed E-state index contributed by atoms with van der Waals surface area (Å²) < 4.78 is 5.35. The molecule has 104 valence electrons. The molecule has 0 spiro atoms. The van der Waals surface area contributed by atoms with Gasteiger partial charge >= 0.3 is 5.97 Å².